The van der Waals surface area contributed by atoms with Gasteiger partial charge in [0.2, 0.25) is 0 Å². The molecule has 0 aliphatic heterocycles. The lowest BCUT2D eigenvalue weighted by molar-refractivity contribution is -0.143. The summed E-state index contributed by atoms with van der Waals surface area (Å²) < 4.78 is 118. The third kappa shape index (κ3) is 18.0. The average Bonchev–Trinajstić information content (AvgIpc) is 3.16. The number of carbonyl (C=O) groups is 3. The van der Waals surface area contributed by atoms with E-state index in [-0.39, 0.29) is 23.0 Å². The SMILES string of the molecule is C=C(C(=O)Cl)C(F)(F)F.C=C(C(=O)Oc1ccc(-c2ccc(OC(=O)C(=C)C(F)(F)F)cc2)cc1)C(F)(F)F.CC.CC.Oc1ccc(-c2ccc(O)cc2)cc1. The van der Waals surface area contributed by atoms with Crippen molar-refractivity contribution in [3.8, 4) is 45.3 Å². The van der Waals surface area contributed by atoms with E-state index in [4.69, 9.17) is 10.2 Å². The van der Waals surface area contributed by atoms with Crippen LogP contribution in [0.4, 0.5) is 39.5 Å². The molecule has 0 saturated heterocycles. The number of carbonyl (C=O) groups excluding carboxylic acids is 3. The van der Waals surface area contributed by atoms with Gasteiger partial charge < -0.3 is 19.7 Å². The fourth-order valence-electron chi connectivity index (χ4n) is 3.42. The van der Waals surface area contributed by atoms with Crippen molar-refractivity contribution in [2.24, 2.45) is 0 Å². The Kier molecular flexibility index (Phi) is 20.7. The number of alkyl halides is 9. The molecular weight excluding hydrogens is 799 g/mol. The third-order valence-electron chi connectivity index (χ3n) is 6.29. The molecule has 0 amide bonds. The molecule has 0 fully saturated rings. The normalized spacial score (nSPS) is 10.5. The van der Waals surface area contributed by atoms with Crippen LogP contribution in [-0.2, 0) is 14.4 Å². The molecule has 0 radical (unpaired) electrons. The van der Waals surface area contributed by atoms with Crippen molar-refractivity contribution in [1.29, 1.82) is 0 Å². The summed E-state index contributed by atoms with van der Waals surface area (Å²) in [6.07, 6.45) is -14.5. The topological polar surface area (TPSA) is 110 Å². The zero-order valence-corrected chi connectivity index (χ0v) is 31.3. The van der Waals surface area contributed by atoms with Crippen LogP contribution < -0.4 is 9.47 Å². The van der Waals surface area contributed by atoms with Crippen LogP contribution in [0.15, 0.2) is 134 Å². The summed E-state index contributed by atoms with van der Waals surface area (Å²) in [5.74, 6) is -3.06. The fourth-order valence-corrected chi connectivity index (χ4v) is 3.53. The summed E-state index contributed by atoms with van der Waals surface area (Å²) in [7, 11) is 0. The molecule has 57 heavy (non-hydrogen) atoms. The highest BCUT2D eigenvalue weighted by atomic mass is 35.5. The van der Waals surface area contributed by atoms with Crippen molar-refractivity contribution < 1.29 is 73.6 Å². The Morgan fingerprint density at radius 1 is 0.456 bits per heavy atom. The van der Waals surface area contributed by atoms with E-state index >= 15 is 0 Å². The molecule has 0 aromatic heterocycles. The Bertz CT molecular complexity index is 1810. The summed E-state index contributed by atoms with van der Waals surface area (Å²) in [4.78, 5) is 32.5. The Morgan fingerprint density at radius 3 is 0.842 bits per heavy atom. The minimum Gasteiger partial charge on any atom is -0.508 e. The van der Waals surface area contributed by atoms with Crippen molar-refractivity contribution in [2.75, 3.05) is 0 Å². The number of hydrogen-bond donors (Lipinski definition) is 2. The van der Waals surface area contributed by atoms with Crippen LogP contribution in [0.25, 0.3) is 22.3 Å². The molecule has 0 bridgehead atoms. The van der Waals surface area contributed by atoms with E-state index < -0.39 is 52.4 Å². The van der Waals surface area contributed by atoms with E-state index in [0.717, 1.165) is 11.1 Å². The lowest BCUT2D eigenvalue weighted by Crippen LogP contribution is -2.23. The number of aromatic hydroxyl groups is 2. The molecule has 17 heteroatoms. The second-order valence-electron chi connectivity index (χ2n) is 10.1. The summed E-state index contributed by atoms with van der Waals surface area (Å²) in [5, 5.41) is 16.6. The van der Waals surface area contributed by atoms with Gasteiger partial charge in [-0.25, -0.2) is 9.59 Å². The first-order chi connectivity index (χ1) is 26.4. The monoisotopic (exact) mass is 834 g/mol. The van der Waals surface area contributed by atoms with Gasteiger partial charge in [-0.1, -0.05) is 96.0 Å². The van der Waals surface area contributed by atoms with Gasteiger partial charge in [0.25, 0.3) is 5.24 Å². The molecule has 0 saturated carbocycles. The Labute approximate surface area is 326 Å². The minimum atomic E-state index is -4.91. The van der Waals surface area contributed by atoms with Crippen LogP contribution in [0, 0.1) is 0 Å². The molecular formula is C40H36ClF9O7. The van der Waals surface area contributed by atoms with Crippen molar-refractivity contribution in [2.45, 2.75) is 46.2 Å². The van der Waals surface area contributed by atoms with E-state index in [1.807, 2.05) is 52.0 Å². The van der Waals surface area contributed by atoms with Gasteiger partial charge in [-0.05, 0) is 82.4 Å². The summed E-state index contributed by atoms with van der Waals surface area (Å²) >= 11 is 4.45. The largest absolute Gasteiger partial charge is 0.508 e. The average molecular weight is 835 g/mol. The van der Waals surface area contributed by atoms with Crippen LogP contribution in [0.5, 0.6) is 23.0 Å². The van der Waals surface area contributed by atoms with Gasteiger partial charge >= 0.3 is 30.5 Å². The van der Waals surface area contributed by atoms with Gasteiger partial charge in [0.15, 0.2) is 0 Å². The van der Waals surface area contributed by atoms with E-state index in [2.05, 4.69) is 40.8 Å². The molecule has 0 heterocycles. The van der Waals surface area contributed by atoms with Gasteiger partial charge in [-0.2, -0.15) is 39.5 Å². The quantitative estimate of drug-likeness (QED) is 0.0627. The lowest BCUT2D eigenvalue weighted by Gasteiger charge is -2.11. The second kappa shape index (κ2) is 23.1. The number of phenols is 2. The van der Waals surface area contributed by atoms with E-state index in [1.54, 1.807) is 24.3 Å². The van der Waals surface area contributed by atoms with E-state index in [1.165, 1.54) is 48.5 Å². The van der Waals surface area contributed by atoms with Crippen molar-refractivity contribution >= 4 is 28.8 Å². The first-order valence-corrected chi connectivity index (χ1v) is 16.5. The number of allylic oxidation sites excluding steroid dienone is 1. The number of hydrogen-bond acceptors (Lipinski definition) is 7. The van der Waals surface area contributed by atoms with Gasteiger partial charge in [-0.3, -0.25) is 4.79 Å². The summed E-state index contributed by atoms with van der Waals surface area (Å²) in [6, 6.07) is 24.6. The highest BCUT2D eigenvalue weighted by Gasteiger charge is 2.39. The van der Waals surface area contributed by atoms with Crippen LogP contribution in [0.3, 0.4) is 0 Å². The molecule has 4 rings (SSSR count). The van der Waals surface area contributed by atoms with Crippen LogP contribution >= 0.6 is 11.6 Å². The number of rotatable bonds is 7. The summed E-state index contributed by atoms with van der Waals surface area (Å²) in [5.41, 5.74) is -1.71. The molecule has 0 unspecified atom stereocenters. The Morgan fingerprint density at radius 2 is 0.667 bits per heavy atom. The third-order valence-corrected chi connectivity index (χ3v) is 6.52. The molecule has 7 nitrogen and oxygen atoms in total. The van der Waals surface area contributed by atoms with Crippen molar-refractivity contribution in [3.63, 3.8) is 0 Å². The predicted octanol–water partition coefficient (Wildman–Crippen LogP) is 12.1. The van der Waals surface area contributed by atoms with Crippen LogP contribution in [0.2, 0.25) is 0 Å². The Balaban J connectivity index is 0.000000952. The molecule has 2 N–H and O–H groups in total. The predicted molar refractivity (Wildman–Crippen MR) is 197 cm³/mol. The van der Waals surface area contributed by atoms with Crippen molar-refractivity contribution in [3.05, 3.63) is 134 Å². The minimum absolute atomic E-state index is 0.148. The molecule has 0 aliphatic rings. The van der Waals surface area contributed by atoms with Gasteiger partial charge in [0.05, 0.1) is 0 Å². The number of benzene rings is 4. The first-order valence-electron chi connectivity index (χ1n) is 16.1. The molecule has 0 aliphatic carbocycles. The maximum atomic E-state index is 12.4. The maximum absolute atomic E-state index is 12.4. The number of ether oxygens (including phenoxy) is 2. The standard InChI is InChI=1S/C20H12F6O4.C12H10O2.C4H2ClF3O.2C2H6/c1-11(19(21,22)23)17(27)29-15-7-3-13(4-8-15)14-5-9-16(10-6-14)30-18(28)12(2)20(24,25)26;13-11-5-1-9(2-6-11)10-3-7-12(14)8-4-10;1-2(3(5)9)4(6,7)8;2*1-2/h3-10H,1-2H2;1-8,13-14H;1H2;2*1-2H3. The molecule has 4 aromatic carbocycles. The Hall–Kier alpha value is -6.03. The van der Waals surface area contributed by atoms with E-state index in [9.17, 15) is 53.9 Å². The highest BCUT2D eigenvalue weighted by molar-refractivity contribution is 6.67. The zero-order valence-electron chi connectivity index (χ0n) is 30.6. The molecule has 308 valence electrons. The van der Waals surface area contributed by atoms with Gasteiger partial charge in [-0.15, -0.1) is 0 Å². The smallest absolute Gasteiger partial charge is 0.422 e. The highest BCUT2D eigenvalue weighted by Crippen LogP contribution is 2.30. The first kappa shape index (κ1) is 51.0. The number of phenolic OH excluding ortho intramolecular Hbond substituents is 2. The van der Waals surface area contributed by atoms with Gasteiger partial charge in [0.1, 0.15) is 39.7 Å². The number of halogens is 10. The van der Waals surface area contributed by atoms with Crippen molar-refractivity contribution in [1.82, 2.24) is 0 Å². The summed E-state index contributed by atoms with van der Waals surface area (Å²) in [6.45, 7) is 15.7. The van der Waals surface area contributed by atoms with E-state index in [0.29, 0.717) is 11.1 Å². The fraction of sp³-hybridized carbons (Fsp3) is 0.175. The molecule has 4 aromatic rings. The van der Waals surface area contributed by atoms with Gasteiger partial charge in [0, 0.05) is 0 Å². The van der Waals surface area contributed by atoms with Crippen LogP contribution in [0.1, 0.15) is 27.7 Å². The zero-order chi connectivity index (χ0) is 44.3. The second-order valence-corrected chi connectivity index (χ2v) is 10.5. The lowest BCUT2D eigenvalue weighted by atomic mass is 10.1. The van der Waals surface area contributed by atoms with Crippen LogP contribution in [-0.4, -0.2) is 45.9 Å². The molecule has 0 spiro atoms. The maximum Gasteiger partial charge on any atom is 0.422 e. The number of esters is 2. The molecule has 0 atom stereocenters.